The number of nitrogens with zero attached hydrogens (tertiary/aromatic N) is 3. The summed E-state index contributed by atoms with van der Waals surface area (Å²) in [5.41, 5.74) is 2.77. The molecular formula is C20H31N3O2. The largest absolute Gasteiger partial charge is 0.395 e. The van der Waals surface area contributed by atoms with Gasteiger partial charge in [0.25, 0.3) is 0 Å². The van der Waals surface area contributed by atoms with Crippen LogP contribution in [0.15, 0.2) is 24.3 Å². The Bertz CT molecular complexity index is 580. The molecule has 138 valence electrons. The molecule has 2 aliphatic heterocycles. The maximum atomic E-state index is 12.9. The lowest BCUT2D eigenvalue weighted by molar-refractivity contribution is -0.139. The van der Waals surface area contributed by atoms with Gasteiger partial charge in [0.05, 0.1) is 12.6 Å². The average Bonchev–Trinajstić information content (AvgIpc) is 2.68. The third-order valence-electron chi connectivity index (χ3n) is 5.89. The van der Waals surface area contributed by atoms with Crippen LogP contribution in [0.25, 0.3) is 0 Å². The van der Waals surface area contributed by atoms with Gasteiger partial charge in [-0.2, -0.15) is 0 Å². The number of benzene rings is 1. The van der Waals surface area contributed by atoms with Crippen molar-refractivity contribution in [2.24, 2.45) is 0 Å². The van der Waals surface area contributed by atoms with Gasteiger partial charge in [0.1, 0.15) is 0 Å². The number of aliphatic hydroxyl groups excluding tert-OH is 1. The Balaban J connectivity index is 1.55. The molecule has 2 unspecified atom stereocenters. The standard InChI is InChI=1S/C20H31N3O2/c1-3-19(15-24)21-10-12-22(13-11-21)20(25)16(2)23-9-8-17-6-4-5-7-18(17)14-23/h4-7,16,19,24H,3,8-15H2,1-2H3. The zero-order chi connectivity index (χ0) is 17.8. The van der Waals surface area contributed by atoms with Crippen LogP contribution >= 0.6 is 0 Å². The van der Waals surface area contributed by atoms with Gasteiger partial charge in [-0.1, -0.05) is 31.2 Å². The van der Waals surface area contributed by atoms with Crippen LogP contribution in [0.4, 0.5) is 0 Å². The molecule has 2 aliphatic rings. The van der Waals surface area contributed by atoms with Crippen molar-refractivity contribution < 1.29 is 9.90 Å². The Morgan fingerprint density at radius 3 is 2.40 bits per heavy atom. The molecule has 0 saturated carbocycles. The maximum absolute atomic E-state index is 12.9. The quantitative estimate of drug-likeness (QED) is 0.875. The van der Waals surface area contributed by atoms with Gasteiger partial charge in [-0.3, -0.25) is 14.6 Å². The summed E-state index contributed by atoms with van der Waals surface area (Å²) in [6.45, 7) is 9.43. The molecule has 5 heteroatoms. The van der Waals surface area contributed by atoms with Gasteiger partial charge in [0, 0.05) is 45.3 Å². The van der Waals surface area contributed by atoms with E-state index >= 15 is 0 Å². The molecule has 0 bridgehead atoms. The molecule has 0 spiro atoms. The highest BCUT2D eigenvalue weighted by Gasteiger charge is 2.31. The molecule has 1 amide bonds. The van der Waals surface area contributed by atoms with Gasteiger partial charge >= 0.3 is 0 Å². The van der Waals surface area contributed by atoms with E-state index < -0.39 is 0 Å². The molecule has 0 radical (unpaired) electrons. The van der Waals surface area contributed by atoms with Crippen LogP contribution in [0.1, 0.15) is 31.4 Å². The van der Waals surface area contributed by atoms with Gasteiger partial charge in [0.2, 0.25) is 5.91 Å². The van der Waals surface area contributed by atoms with E-state index in [-0.39, 0.29) is 24.6 Å². The molecule has 2 atom stereocenters. The van der Waals surface area contributed by atoms with Crippen molar-refractivity contribution in [1.29, 1.82) is 0 Å². The van der Waals surface area contributed by atoms with E-state index in [4.69, 9.17) is 0 Å². The lowest BCUT2D eigenvalue weighted by Gasteiger charge is -2.41. The molecule has 1 aromatic carbocycles. The maximum Gasteiger partial charge on any atom is 0.239 e. The second-order valence-corrected chi connectivity index (χ2v) is 7.27. The molecule has 3 rings (SSSR count). The predicted molar refractivity (Wildman–Crippen MR) is 99.3 cm³/mol. The minimum absolute atomic E-state index is 0.0697. The number of carbonyl (C=O) groups excluding carboxylic acids is 1. The lowest BCUT2D eigenvalue weighted by Crippen LogP contribution is -2.56. The normalized spacial score (nSPS) is 21.6. The van der Waals surface area contributed by atoms with Gasteiger partial charge in [-0.05, 0) is 30.9 Å². The zero-order valence-corrected chi connectivity index (χ0v) is 15.5. The number of rotatable bonds is 5. The summed E-state index contributed by atoms with van der Waals surface area (Å²) < 4.78 is 0. The van der Waals surface area contributed by atoms with Crippen LogP contribution in [-0.4, -0.2) is 77.1 Å². The Kier molecular flexibility index (Phi) is 6.10. The van der Waals surface area contributed by atoms with Crippen LogP contribution in [0.3, 0.4) is 0 Å². The van der Waals surface area contributed by atoms with Crippen molar-refractivity contribution in [2.45, 2.75) is 45.3 Å². The number of fused-ring (bicyclic) bond motifs is 1. The van der Waals surface area contributed by atoms with Gasteiger partial charge in [-0.25, -0.2) is 0 Å². The fourth-order valence-electron chi connectivity index (χ4n) is 4.08. The first-order valence-electron chi connectivity index (χ1n) is 9.58. The topological polar surface area (TPSA) is 47.0 Å². The van der Waals surface area contributed by atoms with Crippen molar-refractivity contribution in [3.8, 4) is 0 Å². The van der Waals surface area contributed by atoms with E-state index in [1.807, 2.05) is 11.8 Å². The van der Waals surface area contributed by atoms with E-state index in [1.165, 1.54) is 11.1 Å². The highest BCUT2D eigenvalue weighted by molar-refractivity contribution is 5.81. The lowest BCUT2D eigenvalue weighted by atomic mass is 9.98. The van der Waals surface area contributed by atoms with Crippen LogP contribution < -0.4 is 0 Å². The molecule has 0 aliphatic carbocycles. The molecule has 5 nitrogen and oxygen atoms in total. The zero-order valence-electron chi connectivity index (χ0n) is 15.5. The predicted octanol–water partition coefficient (Wildman–Crippen LogP) is 1.35. The summed E-state index contributed by atoms with van der Waals surface area (Å²) >= 11 is 0. The Labute approximate surface area is 151 Å². The highest BCUT2D eigenvalue weighted by Crippen LogP contribution is 2.21. The molecular weight excluding hydrogens is 314 g/mol. The number of aliphatic hydroxyl groups is 1. The van der Waals surface area contributed by atoms with Gasteiger partial charge in [-0.15, -0.1) is 0 Å². The summed E-state index contributed by atoms with van der Waals surface area (Å²) in [6.07, 6.45) is 1.98. The molecule has 1 fully saturated rings. The first kappa shape index (κ1) is 18.4. The Hall–Kier alpha value is -1.43. The number of hydrogen-bond donors (Lipinski definition) is 1. The summed E-state index contributed by atoms with van der Waals surface area (Å²) in [7, 11) is 0. The van der Waals surface area contributed by atoms with Crippen molar-refractivity contribution >= 4 is 5.91 Å². The third-order valence-corrected chi connectivity index (χ3v) is 5.89. The molecule has 1 N–H and O–H groups in total. The highest BCUT2D eigenvalue weighted by atomic mass is 16.3. The van der Waals surface area contributed by atoms with Crippen LogP contribution in [-0.2, 0) is 17.8 Å². The molecule has 1 aromatic rings. The minimum Gasteiger partial charge on any atom is -0.395 e. The van der Waals surface area contributed by atoms with E-state index in [0.29, 0.717) is 0 Å². The summed E-state index contributed by atoms with van der Waals surface area (Å²) in [6, 6.07) is 8.71. The van der Waals surface area contributed by atoms with Crippen molar-refractivity contribution in [3.63, 3.8) is 0 Å². The van der Waals surface area contributed by atoms with E-state index in [2.05, 4.69) is 41.0 Å². The van der Waals surface area contributed by atoms with Gasteiger partial charge < -0.3 is 10.0 Å². The first-order valence-corrected chi connectivity index (χ1v) is 9.58. The average molecular weight is 345 g/mol. The second-order valence-electron chi connectivity index (χ2n) is 7.27. The van der Waals surface area contributed by atoms with E-state index in [0.717, 1.165) is 52.1 Å². The van der Waals surface area contributed by atoms with Crippen molar-refractivity contribution in [3.05, 3.63) is 35.4 Å². The van der Waals surface area contributed by atoms with E-state index in [9.17, 15) is 9.90 Å². The fraction of sp³-hybridized carbons (Fsp3) is 0.650. The number of carbonyl (C=O) groups is 1. The molecule has 25 heavy (non-hydrogen) atoms. The monoisotopic (exact) mass is 345 g/mol. The minimum atomic E-state index is -0.0697. The second kappa shape index (κ2) is 8.30. The number of piperazine rings is 1. The molecule has 1 saturated heterocycles. The Morgan fingerprint density at radius 1 is 1.08 bits per heavy atom. The van der Waals surface area contributed by atoms with Crippen molar-refractivity contribution in [1.82, 2.24) is 14.7 Å². The van der Waals surface area contributed by atoms with Crippen molar-refractivity contribution in [2.75, 3.05) is 39.3 Å². The summed E-state index contributed by atoms with van der Waals surface area (Å²) in [5.74, 6) is 0.246. The van der Waals surface area contributed by atoms with Crippen LogP contribution in [0.2, 0.25) is 0 Å². The van der Waals surface area contributed by atoms with Gasteiger partial charge in [0.15, 0.2) is 0 Å². The number of amides is 1. The molecule has 2 heterocycles. The molecule has 0 aromatic heterocycles. The van der Waals surface area contributed by atoms with Crippen LogP contribution in [0, 0.1) is 0 Å². The van der Waals surface area contributed by atoms with Crippen LogP contribution in [0.5, 0.6) is 0 Å². The number of hydrogen-bond acceptors (Lipinski definition) is 4. The smallest absolute Gasteiger partial charge is 0.239 e. The van der Waals surface area contributed by atoms with E-state index in [1.54, 1.807) is 0 Å². The first-order chi connectivity index (χ1) is 12.1. The fourth-order valence-corrected chi connectivity index (χ4v) is 4.08. The summed E-state index contributed by atoms with van der Waals surface area (Å²) in [4.78, 5) is 19.6. The Morgan fingerprint density at radius 2 is 1.76 bits per heavy atom. The SMILES string of the molecule is CCC(CO)N1CCN(C(=O)C(C)N2CCc3ccccc3C2)CC1. The summed E-state index contributed by atoms with van der Waals surface area (Å²) in [5, 5.41) is 9.46. The third kappa shape index (κ3) is 4.05.